The van der Waals surface area contributed by atoms with Gasteiger partial charge in [0.1, 0.15) is 36.3 Å². The van der Waals surface area contributed by atoms with Gasteiger partial charge in [0.25, 0.3) is 0 Å². The summed E-state index contributed by atoms with van der Waals surface area (Å²) in [6.45, 7) is 15.7. The van der Waals surface area contributed by atoms with Crippen molar-refractivity contribution in [2.45, 2.75) is 131 Å². The topological polar surface area (TPSA) is 214 Å². The number of esters is 7. The molecule has 0 bridgehead atoms. The van der Waals surface area contributed by atoms with Crippen molar-refractivity contribution in [1.82, 2.24) is 0 Å². The van der Waals surface area contributed by atoms with Crippen LogP contribution < -0.4 is 0 Å². The second-order valence-corrected chi connectivity index (χ2v) is 17.6. The first kappa shape index (κ1) is 39.9. The minimum absolute atomic E-state index is 0.174. The van der Waals surface area contributed by atoms with E-state index in [1.165, 1.54) is 34.6 Å². The molecule has 4 saturated carbocycles. The van der Waals surface area contributed by atoms with E-state index >= 15 is 4.79 Å². The predicted molar refractivity (Wildman–Crippen MR) is 185 cm³/mol. The summed E-state index contributed by atoms with van der Waals surface area (Å²) in [5.41, 5.74) is -6.29. The van der Waals surface area contributed by atoms with Crippen molar-refractivity contribution in [3.63, 3.8) is 0 Å². The quantitative estimate of drug-likeness (QED) is 0.215. The molecule has 7 rings (SSSR count). The third-order valence-corrected chi connectivity index (χ3v) is 14.6. The Labute approximate surface area is 323 Å². The van der Waals surface area contributed by atoms with E-state index in [-0.39, 0.29) is 12.2 Å². The summed E-state index contributed by atoms with van der Waals surface area (Å²) >= 11 is 0. The zero-order valence-electron chi connectivity index (χ0n) is 33.4. The minimum Gasteiger partial charge on any atom is -0.462 e. The lowest BCUT2D eigenvalue weighted by molar-refractivity contribution is -0.274. The Hall–Kier alpha value is -4.34. The lowest BCUT2D eigenvalue weighted by atomic mass is 9.41. The third kappa shape index (κ3) is 5.25. The molecule has 16 nitrogen and oxygen atoms in total. The second-order valence-electron chi connectivity index (χ2n) is 17.6. The fourth-order valence-corrected chi connectivity index (χ4v) is 12.9. The first-order valence-electron chi connectivity index (χ1n) is 19.2. The van der Waals surface area contributed by atoms with Crippen LogP contribution in [0.5, 0.6) is 0 Å². The van der Waals surface area contributed by atoms with Crippen molar-refractivity contribution in [2.24, 2.45) is 57.7 Å². The van der Waals surface area contributed by atoms with E-state index in [1.807, 2.05) is 6.92 Å². The third-order valence-electron chi connectivity index (χ3n) is 14.6. The lowest BCUT2D eigenvalue weighted by Crippen LogP contribution is -2.75. The molecule has 0 aromatic heterocycles. The summed E-state index contributed by atoms with van der Waals surface area (Å²) in [4.78, 5) is 108. The van der Waals surface area contributed by atoms with E-state index in [9.17, 15) is 33.6 Å². The van der Waals surface area contributed by atoms with Gasteiger partial charge in [-0.15, -0.1) is 0 Å². The lowest BCUT2D eigenvalue weighted by Gasteiger charge is -2.65. The average molecular weight is 787 g/mol. The zero-order chi connectivity index (χ0) is 41.4. The van der Waals surface area contributed by atoms with Crippen molar-refractivity contribution in [3.05, 3.63) is 11.8 Å². The molecule has 16 heteroatoms. The molecule has 0 amide bonds. The molecule has 18 atom stereocenters. The monoisotopic (exact) mass is 786 g/mol. The van der Waals surface area contributed by atoms with Gasteiger partial charge >= 0.3 is 41.8 Å². The van der Waals surface area contributed by atoms with Gasteiger partial charge in [0.05, 0.1) is 11.5 Å². The second kappa shape index (κ2) is 12.8. The Bertz CT molecular complexity index is 1850. The Kier molecular flexibility index (Phi) is 9.14. The van der Waals surface area contributed by atoms with E-state index in [0.717, 1.165) is 13.8 Å². The largest absolute Gasteiger partial charge is 0.462 e. The number of carbonyl (C=O) groups is 8. The fourth-order valence-electron chi connectivity index (χ4n) is 12.9. The van der Waals surface area contributed by atoms with Crippen LogP contribution in [-0.4, -0.2) is 95.9 Å². The Morgan fingerprint density at radius 1 is 0.661 bits per heavy atom. The molecular formula is C40H50O16. The molecule has 2 heterocycles. The van der Waals surface area contributed by atoms with E-state index in [0.29, 0.717) is 0 Å². The molecule has 0 radical (unpaired) electrons. The molecule has 7 aliphatic rings. The highest BCUT2D eigenvalue weighted by Crippen LogP contribution is 2.76. The number of carbonyl (C=O) groups excluding carboxylic acids is 8. The van der Waals surface area contributed by atoms with Crippen LogP contribution in [0, 0.1) is 57.7 Å². The predicted octanol–water partition coefficient (Wildman–Crippen LogP) is 2.55. The van der Waals surface area contributed by atoms with Gasteiger partial charge < -0.3 is 37.9 Å². The van der Waals surface area contributed by atoms with Crippen molar-refractivity contribution >= 4 is 47.6 Å². The number of rotatable bonds is 6. The van der Waals surface area contributed by atoms with Gasteiger partial charge in [0, 0.05) is 82.0 Å². The van der Waals surface area contributed by atoms with Gasteiger partial charge in [-0.3, -0.25) is 33.6 Å². The molecule has 0 spiro atoms. The number of hydrogen-bond donors (Lipinski definition) is 0. The maximum atomic E-state index is 15.1. The molecule has 0 aromatic rings. The highest BCUT2D eigenvalue weighted by atomic mass is 16.6. The highest BCUT2D eigenvalue weighted by Gasteiger charge is 2.84. The van der Waals surface area contributed by atoms with Gasteiger partial charge in [0.15, 0.2) is 11.9 Å². The highest BCUT2D eigenvalue weighted by molar-refractivity contribution is 5.91. The summed E-state index contributed by atoms with van der Waals surface area (Å²) < 4.78 is 48.8. The van der Waals surface area contributed by atoms with Crippen molar-refractivity contribution < 1.29 is 76.3 Å². The average Bonchev–Trinajstić information content (AvgIpc) is 3.74. The van der Waals surface area contributed by atoms with Crippen LogP contribution in [0.3, 0.4) is 0 Å². The van der Waals surface area contributed by atoms with Crippen molar-refractivity contribution in [3.8, 4) is 0 Å². The van der Waals surface area contributed by atoms with Crippen LogP contribution in [0.1, 0.15) is 82.6 Å². The number of ether oxygens (including phenoxy) is 8. The van der Waals surface area contributed by atoms with Gasteiger partial charge in [-0.25, -0.2) is 4.79 Å². The SMILES string of the molecule is CC(=O)O[C@@H]1[C@H]2[C@H]3C([C@H](OC(C)=O)[C@H](OC(C)=O)[C@]2(C)[C@@H]2[C@@H]1[C@]1(C)C(=C[C@H]2C)OC(=O)[C@@]1(C)OC(C)=O)[C@]1(C)[C@H](C[C@@H]2O[C@@H]2[C@@H]1OC(C)=O)C(=O)[C@@H]3OC(C)=O. The summed E-state index contributed by atoms with van der Waals surface area (Å²) in [5, 5.41) is 0. The molecule has 2 aliphatic heterocycles. The molecule has 56 heavy (non-hydrogen) atoms. The van der Waals surface area contributed by atoms with Crippen LogP contribution in [-0.2, 0) is 76.3 Å². The van der Waals surface area contributed by atoms with Crippen LogP contribution in [0.4, 0.5) is 0 Å². The number of epoxide rings is 1. The molecule has 2 saturated heterocycles. The Morgan fingerprint density at radius 2 is 1.20 bits per heavy atom. The fraction of sp³-hybridized carbons (Fsp3) is 0.750. The molecule has 0 aromatic carbocycles. The van der Waals surface area contributed by atoms with Crippen molar-refractivity contribution in [1.29, 1.82) is 0 Å². The summed E-state index contributed by atoms with van der Waals surface area (Å²) in [7, 11) is 0. The molecule has 0 N–H and O–H groups in total. The van der Waals surface area contributed by atoms with Gasteiger partial charge in [-0.1, -0.05) is 20.8 Å². The summed E-state index contributed by atoms with van der Waals surface area (Å²) in [6.07, 6.45) is -5.66. The van der Waals surface area contributed by atoms with E-state index in [2.05, 4.69) is 0 Å². The zero-order valence-corrected chi connectivity index (χ0v) is 33.4. The molecule has 306 valence electrons. The van der Waals surface area contributed by atoms with E-state index in [1.54, 1.807) is 26.8 Å². The van der Waals surface area contributed by atoms with Gasteiger partial charge in [0.2, 0.25) is 5.60 Å². The number of hydrogen-bond acceptors (Lipinski definition) is 16. The maximum Gasteiger partial charge on any atom is 0.356 e. The number of Topliss-reactive ketones (excluding diaryl/α,β-unsaturated/α-hetero) is 1. The Balaban J connectivity index is 1.57. The maximum absolute atomic E-state index is 15.1. The van der Waals surface area contributed by atoms with Gasteiger partial charge in [-0.2, -0.15) is 0 Å². The first-order valence-corrected chi connectivity index (χ1v) is 19.2. The summed E-state index contributed by atoms with van der Waals surface area (Å²) in [5.74, 6) is -12.0. The van der Waals surface area contributed by atoms with E-state index < -0.39 is 154 Å². The number of ketones is 1. The molecule has 5 aliphatic carbocycles. The Morgan fingerprint density at radius 3 is 1.75 bits per heavy atom. The van der Waals surface area contributed by atoms with Crippen LogP contribution in [0.25, 0.3) is 0 Å². The van der Waals surface area contributed by atoms with Crippen LogP contribution in [0.15, 0.2) is 11.8 Å². The minimum atomic E-state index is -1.96. The number of fused-ring (bicyclic) bond motifs is 10. The molecular weight excluding hydrogens is 736 g/mol. The first-order chi connectivity index (χ1) is 26.0. The van der Waals surface area contributed by atoms with Crippen molar-refractivity contribution in [2.75, 3.05) is 0 Å². The molecule has 1 unspecified atom stereocenters. The van der Waals surface area contributed by atoms with E-state index in [4.69, 9.17) is 37.9 Å². The normalized spacial score (nSPS) is 47.7. The van der Waals surface area contributed by atoms with Crippen LogP contribution in [0.2, 0.25) is 0 Å². The summed E-state index contributed by atoms with van der Waals surface area (Å²) in [6, 6.07) is 0. The standard InChI is InChI=1S/C40H50O16/c1-14-12-23-39(10,40(11,36(48)55-23)56-20(7)46)28-25(14)38(9)26(32(28)50-16(3)42)24-27(33(51-17(4)43)35(38)53-19(6)45)37(8)21(29(47)31(24)49-15(2)41)13-22-30(54-22)34(37)52-18(5)44/h12,14,21-22,24-28,30-35H,13H2,1-11H3/t14-,21-,22+,24+,25+,26-,27?,28+,30+,31-,32-,33+,34+,35+,37+,38-,39+,40-/m1/s1. The van der Waals surface area contributed by atoms with Gasteiger partial charge in [-0.05, 0) is 38.2 Å². The molecule has 6 fully saturated rings. The van der Waals surface area contributed by atoms with Crippen LogP contribution >= 0.6 is 0 Å². The smallest absolute Gasteiger partial charge is 0.356 e. The number of allylic oxidation sites excluding steroid dienone is 1.